The van der Waals surface area contributed by atoms with Crippen molar-refractivity contribution in [2.24, 2.45) is 0 Å². The molecule has 0 radical (unpaired) electrons. The fourth-order valence-corrected chi connectivity index (χ4v) is 10.2. The summed E-state index contributed by atoms with van der Waals surface area (Å²) in [7, 11) is 0. The summed E-state index contributed by atoms with van der Waals surface area (Å²) in [6.07, 6.45) is 93.4. The maximum absolute atomic E-state index is 12.9. The Kier molecular flexibility index (Phi) is 67.2. The van der Waals surface area contributed by atoms with E-state index in [1.165, 1.54) is 218 Å². The van der Waals surface area contributed by atoms with Crippen LogP contribution in [0.15, 0.2) is 85.1 Å². The molecule has 0 fully saturated rings. The minimum atomic E-state index is -0.784. The minimum Gasteiger partial charge on any atom is -0.462 e. The van der Waals surface area contributed by atoms with Gasteiger partial charge in [0, 0.05) is 19.3 Å². The van der Waals surface area contributed by atoms with Gasteiger partial charge in [0.15, 0.2) is 6.10 Å². The zero-order chi connectivity index (χ0) is 59.2. The SMILES string of the molecule is CCC/C=C\CCCCCCCC(=O)OCC(COC(=O)CCCCCCCCCCCCCCCCCC/C=C\C/C=C\C/C=C\CCCCCCC)OC(=O)CCCCCCCCCC/C=C\C/C=C\C/C=C\CCCCCCC. The van der Waals surface area contributed by atoms with Crippen molar-refractivity contribution in [1.29, 1.82) is 0 Å². The molecular weight excluding hydrogens is 1010 g/mol. The van der Waals surface area contributed by atoms with Crippen molar-refractivity contribution in [2.75, 3.05) is 13.2 Å². The molecule has 0 N–H and O–H groups in total. The molecule has 0 aliphatic rings. The highest BCUT2D eigenvalue weighted by Crippen LogP contribution is 2.17. The molecule has 1 unspecified atom stereocenters. The van der Waals surface area contributed by atoms with Gasteiger partial charge in [0.2, 0.25) is 0 Å². The molecule has 0 aromatic carbocycles. The van der Waals surface area contributed by atoms with Crippen molar-refractivity contribution >= 4 is 17.9 Å². The van der Waals surface area contributed by atoms with Gasteiger partial charge in [0.25, 0.3) is 0 Å². The van der Waals surface area contributed by atoms with Crippen LogP contribution in [0.5, 0.6) is 0 Å². The van der Waals surface area contributed by atoms with Gasteiger partial charge in [0.05, 0.1) is 0 Å². The van der Waals surface area contributed by atoms with E-state index < -0.39 is 6.10 Å². The number of carbonyl (C=O) groups is 3. The van der Waals surface area contributed by atoms with Crippen LogP contribution < -0.4 is 0 Å². The highest BCUT2D eigenvalue weighted by Gasteiger charge is 2.19. The van der Waals surface area contributed by atoms with Crippen LogP contribution in [0, 0.1) is 0 Å². The van der Waals surface area contributed by atoms with Crippen molar-refractivity contribution in [3.05, 3.63) is 85.1 Å². The van der Waals surface area contributed by atoms with Gasteiger partial charge in [-0.1, -0.05) is 311 Å². The average molecular weight is 1140 g/mol. The normalized spacial score (nSPS) is 12.6. The zero-order valence-electron chi connectivity index (χ0n) is 54.5. The van der Waals surface area contributed by atoms with E-state index in [1.54, 1.807) is 0 Å². The van der Waals surface area contributed by atoms with Gasteiger partial charge in [-0.15, -0.1) is 0 Å². The van der Waals surface area contributed by atoms with Crippen molar-refractivity contribution in [1.82, 2.24) is 0 Å². The molecule has 0 saturated heterocycles. The minimum absolute atomic E-state index is 0.0799. The summed E-state index contributed by atoms with van der Waals surface area (Å²) in [6, 6.07) is 0. The summed E-state index contributed by atoms with van der Waals surface area (Å²) >= 11 is 0. The predicted molar refractivity (Wildman–Crippen MR) is 358 cm³/mol. The Morgan fingerprint density at radius 1 is 0.244 bits per heavy atom. The van der Waals surface area contributed by atoms with Gasteiger partial charge in [0.1, 0.15) is 13.2 Å². The van der Waals surface area contributed by atoms with Gasteiger partial charge < -0.3 is 14.2 Å². The molecule has 474 valence electrons. The maximum Gasteiger partial charge on any atom is 0.306 e. The lowest BCUT2D eigenvalue weighted by atomic mass is 10.0. The Bertz CT molecular complexity index is 1550. The van der Waals surface area contributed by atoms with E-state index in [1.807, 2.05) is 0 Å². The van der Waals surface area contributed by atoms with E-state index in [4.69, 9.17) is 14.2 Å². The van der Waals surface area contributed by atoms with Gasteiger partial charge in [-0.2, -0.15) is 0 Å². The third kappa shape index (κ3) is 67.4. The molecule has 1 atom stereocenters. The molecule has 82 heavy (non-hydrogen) atoms. The molecular formula is C76H134O6. The number of allylic oxidation sites excluding steroid dienone is 14. The molecule has 6 nitrogen and oxygen atoms in total. The molecule has 0 aromatic rings. The van der Waals surface area contributed by atoms with Crippen LogP contribution in [-0.4, -0.2) is 37.2 Å². The number of hydrogen-bond donors (Lipinski definition) is 0. The summed E-state index contributed by atoms with van der Waals surface area (Å²) in [4.78, 5) is 38.3. The van der Waals surface area contributed by atoms with Crippen LogP contribution in [0.4, 0.5) is 0 Å². The number of ether oxygens (including phenoxy) is 3. The molecule has 6 heteroatoms. The molecule has 0 aliphatic heterocycles. The number of carbonyl (C=O) groups excluding carboxylic acids is 3. The van der Waals surface area contributed by atoms with E-state index in [0.717, 1.165) is 103 Å². The molecule has 0 aliphatic carbocycles. The van der Waals surface area contributed by atoms with Crippen LogP contribution in [0.2, 0.25) is 0 Å². The van der Waals surface area contributed by atoms with E-state index in [-0.39, 0.29) is 31.1 Å². The monoisotopic (exact) mass is 1140 g/mol. The smallest absolute Gasteiger partial charge is 0.306 e. The zero-order valence-corrected chi connectivity index (χ0v) is 54.5. The number of rotatable bonds is 65. The van der Waals surface area contributed by atoms with Crippen molar-refractivity contribution in [3.8, 4) is 0 Å². The second kappa shape index (κ2) is 70.1. The lowest BCUT2D eigenvalue weighted by Gasteiger charge is -2.18. The first-order chi connectivity index (χ1) is 40.5. The lowest BCUT2D eigenvalue weighted by molar-refractivity contribution is -0.167. The number of unbranched alkanes of at least 4 members (excludes halogenated alkanes) is 40. The van der Waals surface area contributed by atoms with Gasteiger partial charge in [-0.05, 0) is 116 Å². The molecule has 0 heterocycles. The quantitative estimate of drug-likeness (QED) is 0.0261. The topological polar surface area (TPSA) is 78.9 Å². The maximum atomic E-state index is 12.9. The molecule has 0 spiro atoms. The van der Waals surface area contributed by atoms with E-state index in [0.29, 0.717) is 19.3 Å². The summed E-state index contributed by atoms with van der Waals surface area (Å²) in [5.41, 5.74) is 0. The van der Waals surface area contributed by atoms with Crippen molar-refractivity contribution in [2.45, 2.75) is 367 Å². The van der Waals surface area contributed by atoms with Crippen LogP contribution in [0.3, 0.4) is 0 Å². The first-order valence-electron chi connectivity index (χ1n) is 35.6. The molecule has 0 saturated carbocycles. The average Bonchev–Trinajstić information content (AvgIpc) is 3.48. The van der Waals surface area contributed by atoms with Crippen molar-refractivity contribution in [3.63, 3.8) is 0 Å². The molecule has 0 rings (SSSR count). The van der Waals surface area contributed by atoms with Gasteiger partial charge in [-0.25, -0.2) is 0 Å². The van der Waals surface area contributed by atoms with Crippen LogP contribution in [-0.2, 0) is 28.6 Å². The Hall–Kier alpha value is -3.41. The fourth-order valence-electron chi connectivity index (χ4n) is 10.2. The lowest BCUT2D eigenvalue weighted by Crippen LogP contribution is -2.30. The third-order valence-electron chi connectivity index (χ3n) is 15.6. The van der Waals surface area contributed by atoms with Gasteiger partial charge >= 0.3 is 17.9 Å². The molecule has 0 aromatic heterocycles. The Morgan fingerprint density at radius 3 is 0.744 bits per heavy atom. The molecule has 0 bridgehead atoms. The van der Waals surface area contributed by atoms with E-state index in [2.05, 4.69) is 106 Å². The summed E-state index contributed by atoms with van der Waals surface area (Å²) in [5, 5.41) is 0. The van der Waals surface area contributed by atoms with E-state index in [9.17, 15) is 14.4 Å². The number of esters is 3. The Balaban J connectivity index is 4.17. The Labute approximate surface area is 509 Å². The Morgan fingerprint density at radius 2 is 0.463 bits per heavy atom. The van der Waals surface area contributed by atoms with Gasteiger partial charge in [-0.3, -0.25) is 14.4 Å². The van der Waals surface area contributed by atoms with Crippen LogP contribution in [0.25, 0.3) is 0 Å². The summed E-state index contributed by atoms with van der Waals surface area (Å²) in [6.45, 7) is 6.58. The third-order valence-corrected chi connectivity index (χ3v) is 15.6. The van der Waals surface area contributed by atoms with Crippen LogP contribution >= 0.6 is 0 Å². The second-order valence-electron chi connectivity index (χ2n) is 23.8. The largest absolute Gasteiger partial charge is 0.462 e. The highest BCUT2D eigenvalue weighted by atomic mass is 16.6. The number of hydrogen-bond acceptors (Lipinski definition) is 6. The predicted octanol–water partition coefficient (Wildman–Crippen LogP) is 24.6. The van der Waals surface area contributed by atoms with E-state index >= 15 is 0 Å². The summed E-state index contributed by atoms with van der Waals surface area (Å²) < 4.78 is 16.9. The van der Waals surface area contributed by atoms with Crippen molar-refractivity contribution < 1.29 is 28.6 Å². The fraction of sp³-hybridized carbons (Fsp3) is 0.776. The first kappa shape index (κ1) is 78.6. The van der Waals surface area contributed by atoms with Crippen LogP contribution in [0.1, 0.15) is 361 Å². The highest BCUT2D eigenvalue weighted by molar-refractivity contribution is 5.71. The molecule has 0 amide bonds. The first-order valence-corrected chi connectivity index (χ1v) is 35.6. The second-order valence-corrected chi connectivity index (χ2v) is 23.8. The summed E-state index contributed by atoms with van der Waals surface area (Å²) in [5.74, 6) is -0.883. The standard InChI is InChI=1S/C76H134O6/c1-4-7-10-13-16-19-22-24-26-28-30-32-34-35-36-37-38-39-40-41-43-44-46-48-50-52-54-57-60-63-66-69-75(78)81-72-73(71-80-74(77)68-65-62-59-56-21-18-15-12-9-6-3)82-76(79)70-67-64-61-58-55-53-51-49-47-45-42-33-31-29-27-25-23-20-17-14-11-8-5-2/h12,15,22-25,28-31,34-35,42,45,73H,4-11,13-14,16-21,26-27,32-33,36-41,43-44,46-72H2,1-3H3/b15-12-,24-22-,25-23-,30-28-,31-29-,35-34-,45-42-.